The highest BCUT2D eigenvalue weighted by Crippen LogP contribution is 2.30. The van der Waals surface area contributed by atoms with Gasteiger partial charge >= 0.3 is 12.1 Å². The highest BCUT2D eigenvalue weighted by atomic mass is 16.6. The molecule has 0 unspecified atom stereocenters. The van der Waals surface area contributed by atoms with E-state index in [9.17, 15) is 14.7 Å². The summed E-state index contributed by atoms with van der Waals surface area (Å²) in [4.78, 5) is 22.9. The normalized spacial score (nSPS) is 11.1. The number of aromatic amines is 1. The Labute approximate surface area is 132 Å². The van der Waals surface area contributed by atoms with Crippen LogP contribution in [0.25, 0.3) is 11.3 Å². The van der Waals surface area contributed by atoms with Gasteiger partial charge in [-0.1, -0.05) is 0 Å². The van der Waals surface area contributed by atoms with Gasteiger partial charge < -0.3 is 14.9 Å². The summed E-state index contributed by atoms with van der Waals surface area (Å²) in [5.41, 5.74) is 0.118. The highest BCUT2D eigenvalue weighted by molar-refractivity contribution is 5.95. The van der Waals surface area contributed by atoms with Gasteiger partial charge in [0.25, 0.3) is 0 Å². The molecule has 0 spiro atoms. The number of ether oxygens (including phenoxy) is 1. The second-order valence-corrected chi connectivity index (χ2v) is 5.82. The number of amides is 1. The molecular formula is C15H17N3O5. The molecule has 23 heavy (non-hydrogen) atoms. The SMILES string of the molecule is CC(C)(C)OC(=O)Nc1cc(-c2[nH]ncc2C(=O)O)ccc1O. The number of nitrogens with one attached hydrogen (secondary N) is 2. The van der Waals surface area contributed by atoms with Gasteiger partial charge in [0.15, 0.2) is 0 Å². The zero-order valence-corrected chi connectivity index (χ0v) is 12.9. The summed E-state index contributed by atoms with van der Waals surface area (Å²) in [6.45, 7) is 5.14. The average Bonchev–Trinajstić information content (AvgIpc) is 2.88. The minimum absolute atomic E-state index is 0.0149. The third-order valence-corrected chi connectivity index (χ3v) is 2.79. The van der Waals surface area contributed by atoms with E-state index in [-0.39, 0.29) is 22.7 Å². The number of carboxylic acid groups (broad SMARTS) is 1. The molecular weight excluding hydrogens is 302 g/mol. The quantitative estimate of drug-likeness (QED) is 0.645. The molecule has 0 bridgehead atoms. The summed E-state index contributed by atoms with van der Waals surface area (Å²) < 4.78 is 5.11. The van der Waals surface area contributed by atoms with Crippen LogP contribution in [-0.2, 0) is 4.74 Å². The highest BCUT2D eigenvalue weighted by Gasteiger charge is 2.19. The minimum Gasteiger partial charge on any atom is -0.506 e. The van der Waals surface area contributed by atoms with Crippen molar-refractivity contribution in [3.05, 3.63) is 30.0 Å². The second kappa shape index (κ2) is 5.99. The van der Waals surface area contributed by atoms with Crippen molar-refractivity contribution in [2.75, 3.05) is 5.32 Å². The molecule has 0 atom stereocenters. The van der Waals surface area contributed by atoms with Crippen molar-refractivity contribution < 1.29 is 24.5 Å². The number of hydrogen-bond donors (Lipinski definition) is 4. The largest absolute Gasteiger partial charge is 0.506 e. The van der Waals surface area contributed by atoms with Crippen LogP contribution in [0.15, 0.2) is 24.4 Å². The van der Waals surface area contributed by atoms with Gasteiger partial charge in [-0.15, -0.1) is 0 Å². The number of benzene rings is 1. The van der Waals surface area contributed by atoms with E-state index in [0.717, 1.165) is 0 Å². The molecule has 2 rings (SSSR count). The third-order valence-electron chi connectivity index (χ3n) is 2.79. The van der Waals surface area contributed by atoms with Crippen molar-refractivity contribution >= 4 is 17.7 Å². The van der Waals surface area contributed by atoms with Gasteiger partial charge in [-0.2, -0.15) is 5.10 Å². The molecule has 1 aromatic heterocycles. The zero-order chi connectivity index (χ0) is 17.2. The summed E-state index contributed by atoms with van der Waals surface area (Å²) in [6, 6.07) is 4.28. The lowest BCUT2D eigenvalue weighted by Crippen LogP contribution is -2.27. The smallest absolute Gasteiger partial charge is 0.412 e. The fraction of sp³-hybridized carbons (Fsp3) is 0.267. The van der Waals surface area contributed by atoms with Crippen molar-refractivity contribution in [1.82, 2.24) is 10.2 Å². The maximum absolute atomic E-state index is 11.8. The van der Waals surface area contributed by atoms with Gasteiger partial charge in [-0.3, -0.25) is 10.4 Å². The first-order valence-corrected chi connectivity index (χ1v) is 6.77. The van der Waals surface area contributed by atoms with Gasteiger partial charge in [0.05, 0.1) is 17.6 Å². The summed E-state index contributed by atoms with van der Waals surface area (Å²) in [6.07, 6.45) is 0.457. The monoisotopic (exact) mass is 319 g/mol. The standard InChI is InChI=1S/C15H17N3O5/c1-15(2,3)23-14(22)17-10-6-8(4-5-11(10)19)12-9(13(20)21)7-16-18-12/h4-7,19H,1-3H3,(H,16,18)(H,17,22)(H,20,21). The maximum Gasteiger partial charge on any atom is 0.412 e. The van der Waals surface area contributed by atoms with Crippen LogP contribution in [0.1, 0.15) is 31.1 Å². The van der Waals surface area contributed by atoms with E-state index >= 15 is 0 Å². The van der Waals surface area contributed by atoms with Crippen LogP contribution in [0, 0.1) is 0 Å². The number of aromatic hydroxyl groups is 1. The molecule has 2 aromatic rings. The number of phenolic OH excluding ortho intramolecular Hbond substituents is 1. The first-order chi connectivity index (χ1) is 10.7. The molecule has 0 saturated heterocycles. The van der Waals surface area contributed by atoms with Crippen LogP contribution in [0.4, 0.5) is 10.5 Å². The Morgan fingerprint density at radius 3 is 2.61 bits per heavy atom. The van der Waals surface area contributed by atoms with E-state index in [1.54, 1.807) is 20.8 Å². The number of anilines is 1. The summed E-state index contributed by atoms with van der Waals surface area (Å²) in [5, 5.41) is 27.7. The van der Waals surface area contributed by atoms with E-state index in [0.29, 0.717) is 5.56 Å². The van der Waals surface area contributed by atoms with Gasteiger partial charge in [-0.05, 0) is 39.0 Å². The molecule has 8 heteroatoms. The Kier molecular flexibility index (Phi) is 4.26. The number of phenols is 1. The molecule has 0 aliphatic carbocycles. The average molecular weight is 319 g/mol. The molecule has 1 heterocycles. The molecule has 0 fully saturated rings. The van der Waals surface area contributed by atoms with Gasteiger partial charge in [0.1, 0.15) is 16.9 Å². The maximum atomic E-state index is 11.8. The Morgan fingerprint density at radius 2 is 2.00 bits per heavy atom. The molecule has 4 N–H and O–H groups in total. The molecule has 8 nitrogen and oxygen atoms in total. The van der Waals surface area contributed by atoms with E-state index < -0.39 is 17.7 Å². The van der Waals surface area contributed by atoms with Crippen molar-refractivity contribution in [2.45, 2.75) is 26.4 Å². The number of aromatic nitrogens is 2. The van der Waals surface area contributed by atoms with Crippen LogP contribution in [0.5, 0.6) is 5.75 Å². The van der Waals surface area contributed by atoms with Gasteiger partial charge in [-0.25, -0.2) is 9.59 Å². The number of rotatable bonds is 3. The first-order valence-electron chi connectivity index (χ1n) is 6.77. The van der Waals surface area contributed by atoms with E-state index in [1.165, 1.54) is 24.4 Å². The molecule has 0 radical (unpaired) electrons. The Bertz CT molecular complexity index is 746. The minimum atomic E-state index is -1.14. The Hall–Kier alpha value is -3.03. The summed E-state index contributed by atoms with van der Waals surface area (Å²) in [5.74, 6) is -1.31. The number of aromatic carboxylic acids is 1. The van der Waals surface area contributed by atoms with Crippen LogP contribution < -0.4 is 5.32 Å². The summed E-state index contributed by atoms with van der Waals surface area (Å²) >= 11 is 0. The molecule has 122 valence electrons. The molecule has 1 amide bonds. The van der Waals surface area contributed by atoms with Crippen molar-refractivity contribution in [2.24, 2.45) is 0 Å². The molecule has 0 aliphatic heterocycles. The van der Waals surface area contributed by atoms with E-state index in [4.69, 9.17) is 9.84 Å². The van der Waals surface area contributed by atoms with E-state index in [1.807, 2.05) is 0 Å². The summed E-state index contributed by atoms with van der Waals surface area (Å²) in [7, 11) is 0. The van der Waals surface area contributed by atoms with Gasteiger partial charge in [0, 0.05) is 5.56 Å². The number of carbonyl (C=O) groups is 2. The lowest BCUT2D eigenvalue weighted by Gasteiger charge is -2.20. The van der Waals surface area contributed by atoms with Crippen LogP contribution >= 0.6 is 0 Å². The number of hydrogen-bond acceptors (Lipinski definition) is 5. The number of nitrogens with zero attached hydrogens (tertiary/aromatic N) is 1. The Morgan fingerprint density at radius 1 is 1.30 bits per heavy atom. The molecule has 0 saturated carbocycles. The van der Waals surface area contributed by atoms with Crippen LogP contribution in [-0.4, -0.2) is 38.1 Å². The lowest BCUT2D eigenvalue weighted by atomic mass is 10.1. The third kappa shape index (κ3) is 4.00. The zero-order valence-electron chi connectivity index (χ0n) is 12.9. The lowest BCUT2D eigenvalue weighted by molar-refractivity contribution is 0.0633. The van der Waals surface area contributed by atoms with Crippen LogP contribution in [0.3, 0.4) is 0 Å². The number of H-pyrrole nitrogens is 1. The van der Waals surface area contributed by atoms with E-state index in [2.05, 4.69) is 15.5 Å². The second-order valence-electron chi connectivity index (χ2n) is 5.82. The fourth-order valence-corrected chi connectivity index (χ4v) is 1.87. The van der Waals surface area contributed by atoms with Gasteiger partial charge in [0.2, 0.25) is 0 Å². The predicted octanol–water partition coefficient (Wildman–Crippen LogP) is 2.83. The molecule has 1 aromatic carbocycles. The van der Waals surface area contributed by atoms with Crippen molar-refractivity contribution in [3.63, 3.8) is 0 Å². The fourth-order valence-electron chi connectivity index (χ4n) is 1.87. The first kappa shape index (κ1) is 16.3. The number of carbonyl (C=O) groups excluding carboxylic acids is 1. The Balaban J connectivity index is 2.31. The van der Waals surface area contributed by atoms with Crippen molar-refractivity contribution in [3.8, 4) is 17.0 Å². The van der Waals surface area contributed by atoms with Crippen molar-refractivity contribution in [1.29, 1.82) is 0 Å². The number of carboxylic acids is 1. The molecule has 0 aliphatic rings. The van der Waals surface area contributed by atoms with Crippen LogP contribution in [0.2, 0.25) is 0 Å². The predicted molar refractivity (Wildman–Crippen MR) is 82.5 cm³/mol. The topological polar surface area (TPSA) is 125 Å².